The Kier molecular flexibility index (Phi) is 29.2. The minimum atomic E-state index is -4.73. The maximum absolute atomic E-state index is 13.0. The summed E-state index contributed by atoms with van der Waals surface area (Å²) in [6.07, 6.45) is 10.9. The van der Waals surface area contributed by atoms with Gasteiger partial charge in [0.25, 0.3) is 0 Å². The lowest BCUT2D eigenvalue weighted by molar-refractivity contribution is -0.258. The highest BCUT2D eigenvalue weighted by molar-refractivity contribution is 5.95. The summed E-state index contributed by atoms with van der Waals surface area (Å²) in [6, 6.07) is 76.6. The fraction of sp³-hybridized carbons (Fsp3) is 0.292. The van der Waals surface area contributed by atoms with Crippen molar-refractivity contribution in [2.75, 3.05) is 60.9 Å². The number of nitrogens with one attached hydrogen (secondary N) is 8. The van der Waals surface area contributed by atoms with E-state index in [9.17, 15) is 56.6 Å². The zero-order valence-corrected chi connectivity index (χ0v) is 75.8. The molecule has 0 spiro atoms. The highest BCUT2D eigenvalue weighted by atomic mass is 19.4. The number of amides is 8. The van der Waals surface area contributed by atoms with E-state index in [-0.39, 0.29) is 70.9 Å². The molecular formula is C106H112F3N15O9. The highest BCUT2D eigenvalue weighted by Crippen LogP contribution is 2.41. The molecule has 0 bridgehead atoms. The lowest BCUT2D eigenvalue weighted by Gasteiger charge is -2.32. The van der Waals surface area contributed by atoms with E-state index in [2.05, 4.69) is 217 Å². The standard InChI is InChI=1S/C22H25N3O2.C21H23F3N2O2.C21H20N4O.C21H23N3O2.C21H21N3O2/c1-15(26)23-19-8-10-21-18(13-19)3-2-12-25(21)14-16-4-6-17(7-5-16)20-9-11-22(27)24-20;1-14(27)25-18-9-10-19-16(12-18)4-3-11-26(19)13-15-5-7-17(8-6-15)20(2,28)21(22,23)24;1-15(26)22-19-7-8-21-18(13-19)9-12-25(21)14-16-3-5-17(6-4-16)20-10-11-24(2)23-20;2*1-14(25)22-18-6-8-20-17(12-18)10-11-24(20)13-15-2-4-16(5-3-15)19-7-9-21(26)23-19/h4-8,10,13,20H,2-3,9,11-12,14H2,1H3,(H,23,26)(H,24,27);5-10,12,28H,3-4,11,13H2,1-2H3,(H,25,27);3-13H,14H2,1-2H3,(H,22,26);2-6,8,12,19H,7,9-11,13H2,1H3,(H,22,25)(H,23,26);2-6,8,10-12,19H,7,9,13H2,1H3,(H,22,25)(H,23,26). The van der Waals surface area contributed by atoms with Gasteiger partial charge in [-0.25, -0.2) is 0 Å². The molecule has 0 radical (unpaired) electrons. The molecule has 0 aliphatic carbocycles. The Bertz CT molecular complexity index is 6400. The third-order valence-corrected chi connectivity index (χ3v) is 24.8. The summed E-state index contributed by atoms with van der Waals surface area (Å²) < 4.78 is 45.2. The van der Waals surface area contributed by atoms with Gasteiger partial charge in [-0.1, -0.05) is 121 Å². The molecule has 9 heterocycles. The zero-order valence-electron chi connectivity index (χ0n) is 75.8. The fourth-order valence-electron chi connectivity index (χ4n) is 18.1. The number of aliphatic hydroxyl groups is 1. The summed E-state index contributed by atoms with van der Waals surface area (Å²) in [4.78, 5) is 97.3. The van der Waals surface area contributed by atoms with Gasteiger partial charge in [0.1, 0.15) is 0 Å². The van der Waals surface area contributed by atoms with Crippen LogP contribution in [0.3, 0.4) is 0 Å². The number of carbonyl (C=O) groups is 8. The number of aromatic nitrogens is 4. The number of rotatable bonds is 20. The van der Waals surface area contributed by atoms with Crippen molar-refractivity contribution in [2.45, 2.75) is 175 Å². The van der Waals surface area contributed by atoms with Gasteiger partial charge in [0.2, 0.25) is 47.3 Å². The molecule has 0 saturated carbocycles. The summed E-state index contributed by atoms with van der Waals surface area (Å²) >= 11 is 0. The van der Waals surface area contributed by atoms with E-state index >= 15 is 0 Å². The molecule has 9 N–H and O–H groups in total. The molecule has 8 amide bonds. The largest absolute Gasteiger partial charge is 0.421 e. The average molecular weight is 1800 g/mol. The van der Waals surface area contributed by atoms with E-state index in [0.29, 0.717) is 25.8 Å². The van der Waals surface area contributed by atoms with Crippen molar-refractivity contribution in [3.8, 4) is 11.3 Å². The van der Waals surface area contributed by atoms with Crippen LogP contribution in [0.2, 0.25) is 0 Å². The second kappa shape index (κ2) is 41.7. The Morgan fingerprint density at radius 1 is 0.383 bits per heavy atom. The Morgan fingerprint density at radius 2 is 0.707 bits per heavy atom. The molecule has 27 heteroatoms. The van der Waals surface area contributed by atoms with Gasteiger partial charge in [-0.15, -0.1) is 0 Å². The molecule has 19 rings (SSSR count). The van der Waals surface area contributed by atoms with Crippen LogP contribution in [0.15, 0.2) is 249 Å². The molecular weight excluding hydrogens is 1680 g/mol. The SMILES string of the molecule is CC(=O)Nc1ccc2c(c1)CCCN2Cc1ccc(C(C)(O)C(F)(F)F)cc1.CC(=O)Nc1ccc2c(c1)CCCN2Cc1ccc(C2CCC(=O)N2)cc1.CC(=O)Nc1ccc2c(c1)CCN2Cc1ccc(C2CCC(=O)N2)cc1.CC(=O)Nc1ccc2c(ccn2Cc2ccc(-c3ccn(C)n3)cc2)c1.CC(=O)Nc1ccc2c(ccn2Cc2ccc(C3CCC(=O)N3)cc2)c1. The predicted molar refractivity (Wildman–Crippen MR) is 517 cm³/mol. The monoisotopic (exact) mass is 1800 g/mol. The third kappa shape index (κ3) is 24.2. The molecule has 133 heavy (non-hydrogen) atoms. The Labute approximate surface area is 771 Å². The van der Waals surface area contributed by atoms with E-state index in [1.807, 2.05) is 90.7 Å². The number of hydrogen-bond donors (Lipinski definition) is 9. The second-order valence-corrected chi connectivity index (χ2v) is 35.1. The van der Waals surface area contributed by atoms with Crippen molar-refractivity contribution in [3.63, 3.8) is 0 Å². The lowest BCUT2D eigenvalue weighted by atomic mass is 9.94. The van der Waals surface area contributed by atoms with Gasteiger partial charge in [-0.05, 0) is 234 Å². The van der Waals surface area contributed by atoms with Crippen LogP contribution >= 0.6 is 0 Å². The van der Waals surface area contributed by atoms with Crippen molar-refractivity contribution in [2.24, 2.45) is 7.05 Å². The number of carbonyl (C=O) groups excluding carboxylic acids is 8. The smallest absolute Gasteiger partial charge is 0.376 e. The molecule has 6 aliphatic heterocycles. The van der Waals surface area contributed by atoms with Crippen molar-refractivity contribution in [1.82, 2.24) is 34.9 Å². The van der Waals surface area contributed by atoms with E-state index in [1.54, 1.807) is 12.1 Å². The Morgan fingerprint density at radius 3 is 1.04 bits per heavy atom. The van der Waals surface area contributed by atoms with Crippen LogP contribution in [0.5, 0.6) is 0 Å². The van der Waals surface area contributed by atoms with Crippen LogP contribution in [0.1, 0.15) is 178 Å². The van der Waals surface area contributed by atoms with Gasteiger partial charge in [-0.2, -0.15) is 18.3 Å². The van der Waals surface area contributed by atoms with Crippen LogP contribution < -0.4 is 57.2 Å². The van der Waals surface area contributed by atoms with Crippen molar-refractivity contribution in [1.29, 1.82) is 0 Å². The van der Waals surface area contributed by atoms with Crippen LogP contribution in [0.25, 0.3) is 33.1 Å². The minimum absolute atomic E-state index is 0.0406. The third-order valence-electron chi connectivity index (χ3n) is 24.8. The first kappa shape index (κ1) is 93.1. The normalized spacial score (nSPS) is 16.3. The fourth-order valence-corrected chi connectivity index (χ4v) is 18.1. The molecule has 3 saturated heterocycles. The second-order valence-electron chi connectivity index (χ2n) is 35.1. The molecule has 3 fully saturated rings. The van der Waals surface area contributed by atoms with Crippen LogP contribution in [-0.2, 0) is 103 Å². The van der Waals surface area contributed by atoms with E-state index in [1.165, 1.54) is 103 Å². The van der Waals surface area contributed by atoms with Crippen LogP contribution in [-0.4, -0.2) is 97.1 Å². The summed E-state index contributed by atoms with van der Waals surface area (Å²) in [6.45, 7) is 15.0. The maximum Gasteiger partial charge on any atom is 0.421 e. The molecule has 686 valence electrons. The molecule has 4 atom stereocenters. The van der Waals surface area contributed by atoms with E-state index in [4.69, 9.17) is 0 Å². The molecule has 3 aromatic heterocycles. The summed E-state index contributed by atoms with van der Waals surface area (Å²) in [5, 5.41) is 39.6. The number of hydrogen-bond acceptors (Lipinski definition) is 13. The van der Waals surface area contributed by atoms with Crippen molar-refractivity contribution >= 4 is 115 Å². The first-order valence-electron chi connectivity index (χ1n) is 45.2. The highest BCUT2D eigenvalue weighted by Gasteiger charge is 2.51. The molecule has 6 aliphatic rings. The topological polar surface area (TPSA) is 290 Å². The molecule has 4 unspecified atom stereocenters. The van der Waals surface area contributed by atoms with Gasteiger partial charge in [0.15, 0.2) is 5.60 Å². The Hall–Kier alpha value is -14.6. The summed E-state index contributed by atoms with van der Waals surface area (Å²) in [7, 11) is 1.92. The van der Waals surface area contributed by atoms with Crippen molar-refractivity contribution in [3.05, 3.63) is 316 Å². The minimum Gasteiger partial charge on any atom is -0.376 e. The van der Waals surface area contributed by atoms with Gasteiger partial charge in [0, 0.05) is 205 Å². The number of fused-ring (bicyclic) bond motifs is 5. The first-order chi connectivity index (χ1) is 63.9. The van der Waals surface area contributed by atoms with Gasteiger partial charge < -0.3 is 71.5 Å². The van der Waals surface area contributed by atoms with E-state index in [0.717, 1.165) is 188 Å². The molecule has 24 nitrogen and oxygen atoms in total. The van der Waals surface area contributed by atoms with Gasteiger partial charge in [-0.3, -0.25) is 43.0 Å². The Balaban J connectivity index is 0.000000127. The van der Waals surface area contributed by atoms with E-state index < -0.39 is 11.8 Å². The first-order valence-corrected chi connectivity index (χ1v) is 45.2. The quantitative estimate of drug-likeness (QED) is 0.0343. The number of benzene rings is 10. The molecule has 10 aromatic carbocycles. The number of aryl methyl sites for hydroxylation is 3. The maximum atomic E-state index is 13.0. The summed E-state index contributed by atoms with van der Waals surface area (Å²) in [5.41, 5.74) is 22.1. The predicted octanol–water partition coefficient (Wildman–Crippen LogP) is 18.7. The van der Waals surface area contributed by atoms with Gasteiger partial charge >= 0.3 is 6.18 Å². The zero-order chi connectivity index (χ0) is 93.6. The van der Waals surface area contributed by atoms with Crippen LogP contribution in [0.4, 0.5) is 58.7 Å². The molecule has 13 aromatic rings. The number of alkyl halides is 3. The van der Waals surface area contributed by atoms with Crippen LogP contribution in [0, 0.1) is 0 Å². The number of halogens is 3. The number of nitrogens with zero attached hydrogens (tertiary/aromatic N) is 7. The average Bonchev–Trinajstić information content (AvgIpc) is 1.76. The summed E-state index contributed by atoms with van der Waals surface area (Å²) in [5.74, 6) is 0.0941. The number of anilines is 8. The van der Waals surface area contributed by atoms with Gasteiger partial charge in [0.05, 0.1) is 23.8 Å². The van der Waals surface area contributed by atoms with Crippen molar-refractivity contribution < 1.29 is 56.6 Å². The lowest BCUT2D eigenvalue weighted by Crippen LogP contribution is -2.39.